The Labute approximate surface area is 115 Å². The fourth-order valence-corrected chi connectivity index (χ4v) is 1.76. The molecule has 0 radical (unpaired) electrons. The molecule has 0 saturated heterocycles. The molecule has 0 aliphatic heterocycles. The normalized spacial score (nSPS) is 10.0. The second-order valence-corrected chi connectivity index (χ2v) is 4.63. The number of para-hydroxylation sites is 1. The van der Waals surface area contributed by atoms with E-state index in [0.717, 1.165) is 11.3 Å². The molecule has 2 N–H and O–H groups in total. The lowest BCUT2D eigenvalue weighted by molar-refractivity contribution is 0.0961. The van der Waals surface area contributed by atoms with E-state index < -0.39 is 0 Å². The summed E-state index contributed by atoms with van der Waals surface area (Å²) < 4.78 is 0. The molecule has 0 atom stereocenters. The van der Waals surface area contributed by atoms with Crippen molar-refractivity contribution in [2.75, 3.05) is 11.7 Å². The van der Waals surface area contributed by atoms with Gasteiger partial charge in [0, 0.05) is 12.4 Å². The largest absolute Gasteiger partial charge is 0.298 e. The van der Waals surface area contributed by atoms with Gasteiger partial charge in [0.25, 0.3) is 5.91 Å². The molecule has 2 aromatic rings. The number of carbonyl (C=O) groups is 1. The molecule has 0 saturated carbocycles. The lowest BCUT2D eigenvalue weighted by Gasteiger charge is -2.10. The van der Waals surface area contributed by atoms with Crippen molar-refractivity contribution in [1.82, 2.24) is 15.4 Å². The average Bonchev–Trinajstić information content (AvgIpc) is 2.46. The number of hydrazine groups is 1. The Morgan fingerprint density at radius 2 is 1.89 bits per heavy atom. The number of hydrogen-bond acceptors (Lipinski definition) is 5. The second kappa shape index (κ2) is 6.19. The summed E-state index contributed by atoms with van der Waals surface area (Å²) in [5.74, 6) is -0.268. The van der Waals surface area contributed by atoms with Gasteiger partial charge in [-0.25, -0.2) is 9.97 Å². The van der Waals surface area contributed by atoms with E-state index in [-0.39, 0.29) is 5.91 Å². The number of hydrogen-bond donors (Lipinski definition) is 2. The molecule has 0 fully saturated rings. The number of anilines is 1. The minimum Gasteiger partial charge on any atom is -0.298 e. The Morgan fingerprint density at radius 3 is 2.53 bits per heavy atom. The molecule has 6 heteroatoms. The summed E-state index contributed by atoms with van der Waals surface area (Å²) in [6.07, 6.45) is 4.90. The molecule has 0 spiro atoms. The number of aromatic nitrogens is 2. The Hall–Kier alpha value is -2.08. The van der Waals surface area contributed by atoms with E-state index in [4.69, 9.17) is 0 Å². The third kappa shape index (κ3) is 3.45. The number of nitrogens with zero attached hydrogens (tertiary/aromatic N) is 2. The maximum atomic E-state index is 11.9. The summed E-state index contributed by atoms with van der Waals surface area (Å²) in [6, 6.07) is 7.70. The third-order valence-electron chi connectivity index (χ3n) is 2.53. The molecular formula is C13H14N4OS. The quantitative estimate of drug-likeness (QED) is 0.508. The predicted molar refractivity (Wildman–Crippen MR) is 76.1 cm³/mol. The Bertz CT molecular complexity index is 571. The van der Waals surface area contributed by atoms with Crippen molar-refractivity contribution in [2.24, 2.45) is 0 Å². The van der Waals surface area contributed by atoms with Crippen LogP contribution in [-0.2, 0) is 0 Å². The smallest absolute Gasteiger partial charge is 0.272 e. The Morgan fingerprint density at radius 1 is 1.21 bits per heavy atom. The maximum absolute atomic E-state index is 11.9. The Kier molecular flexibility index (Phi) is 4.35. The van der Waals surface area contributed by atoms with E-state index >= 15 is 0 Å². The van der Waals surface area contributed by atoms with Crippen LogP contribution in [0.2, 0.25) is 0 Å². The van der Waals surface area contributed by atoms with E-state index in [1.165, 1.54) is 24.2 Å². The molecular weight excluding hydrogens is 260 g/mol. The summed E-state index contributed by atoms with van der Waals surface area (Å²) >= 11 is 1.43. The maximum Gasteiger partial charge on any atom is 0.272 e. The van der Waals surface area contributed by atoms with Crippen LogP contribution >= 0.6 is 11.8 Å². The van der Waals surface area contributed by atoms with Crippen molar-refractivity contribution in [3.05, 3.63) is 47.8 Å². The summed E-state index contributed by atoms with van der Waals surface area (Å²) in [7, 11) is 0. The minimum absolute atomic E-state index is 0.268. The molecule has 1 aromatic heterocycles. The van der Waals surface area contributed by atoms with Crippen molar-refractivity contribution < 1.29 is 4.79 Å². The van der Waals surface area contributed by atoms with Gasteiger partial charge in [0.15, 0.2) is 5.16 Å². The van der Waals surface area contributed by atoms with Crippen molar-refractivity contribution in [3.63, 3.8) is 0 Å². The summed E-state index contributed by atoms with van der Waals surface area (Å²) in [5, 5.41) is 0.642. The molecule has 2 rings (SSSR count). The lowest BCUT2D eigenvalue weighted by Crippen LogP contribution is -2.29. The van der Waals surface area contributed by atoms with Crippen molar-refractivity contribution >= 4 is 23.4 Å². The van der Waals surface area contributed by atoms with Gasteiger partial charge in [-0.2, -0.15) is 0 Å². The van der Waals surface area contributed by atoms with Crippen molar-refractivity contribution in [1.29, 1.82) is 0 Å². The van der Waals surface area contributed by atoms with Gasteiger partial charge in [-0.3, -0.25) is 15.6 Å². The van der Waals surface area contributed by atoms with Crippen molar-refractivity contribution in [3.8, 4) is 0 Å². The topological polar surface area (TPSA) is 66.9 Å². The van der Waals surface area contributed by atoms with Crippen LogP contribution in [0.25, 0.3) is 0 Å². The van der Waals surface area contributed by atoms with Crippen LogP contribution in [0.5, 0.6) is 0 Å². The number of carbonyl (C=O) groups excluding carboxylic acids is 1. The monoisotopic (exact) mass is 274 g/mol. The molecule has 1 heterocycles. The highest BCUT2D eigenvalue weighted by atomic mass is 32.2. The van der Waals surface area contributed by atoms with E-state index in [1.54, 1.807) is 0 Å². The zero-order valence-corrected chi connectivity index (χ0v) is 11.5. The van der Waals surface area contributed by atoms with Gasteiger partial charge in [-0.15, -0.1) is 0 Å². The van der Waals surface area contributed by atoms with Crippen LogP contribution in [0.15, 0.2) is 41.8 Å². The van der Waals surface area contributed by atoms with Gasteiger partial charge in [-0.05, 0) is 24.8 Å². The first-order valence-electron chi connectivity index (χ1n) is 5.68. The first-order chi connectivity index (χ1) is 9.20. The Balaban J connectivity index is 1.99. The molecule has 0 aliphatic rings. The highest BCUT2D eigenvalue weighted by molar-refractivity contribution is 7.98. The van der Waals surface area contributed by atoms with Gasteiger partial charge in [-0.1, -0.05) is 30.0 Å². The lowest BCUT2D eigenvalue weighted by atomic mass is 10.2. The number of benzene rings is 1. The summed E-state index contributed by atoms with van der Waals surface area (Å²) in [6.45, 7) is 1.96. The van der Waals surface area contributed by atoms with E-state index in [1.807, 2.05) is 37.4 Å². The van der Waals surface area contributed by atoms with Crippen LogP contribution in [-0.4, -0.2) is 22.1 Å². The number of amides is 1. The van der Waals surface area contributed by atoms with Gasteiger partial charge in [0.1, 0.15) is 0 Å². The van der Waals surface area contributed by atoms with Gasteiger partial charge < -0.3 is 0 Å². The first kappa shape index (κ1) is 13.4. The third-order valence-corrected chi connectivity index (χ3v) is 3.10. The highest BCUT2D eigenvalue weighted by Crippen LogP contribution is 2.12. The van der Waals surface area contributed by atoms with Crippen LogP contribution < -0.4 is 10.9 Å². The minimum atomic E-state index is -0.268. The van der Waals surface area contributed by atoms with E-state index in [9.17, 15) is 4.79 Å². The molecule has 0 aliphatic carbocycles. The fraction of sp³-hybridized carbons (Fsp3) is 0.154. The van der Waals surface area contributed by atoms with E-state index in [0.29, 0.717) is 10.7 Å². The molecule has 19 heavy (non-hydrogen) atoms. The molecule has 5 nitrogen and oxygen atoms in total. The highest BCUT2D eigenvalue weighted by Gasteiger charge is 2.06. The fourth-order valence-electron chi connectivity index (χ4n) is 1.45. The molecule has 1 amide bonds. The zero-order chi connectivity index (χ0) is 13.7. The second-order valence-electron chi connectivity index (χ2n) is 3.85. The van der Waals surface area contributed by atoms with Gasteiger partial charge >= 0.3 is 0 Å². The van der Waals surface area contributed by atoms with Crippen LogP contribution in [0.1, 0.15) is 15.9 Å². The van der Waals surface area contributed by atoms with Crippen molar-refractivity contribution in [2.45, 2.75) is 12.1 Å². The van der Waals surface area contributed by atoms with Gasteiger partial charge in [0.05, 0.1) is 11.3 Å². The van der Waals surface area contributed by atoms with Crippen LogP contribution in [0.4, 0.5) is 5.69 Å². The number of rotatable bonds is 4. The zero-order valence-electron chi connectivity index (χ0n) is 10.7. The molecule has 98 valence electrons. The first-order valence-corrected chi connectivity index (χ1v) is 6.91. The molecule has 0 bridgehead atoms. The number of nitrogens with one attached hydrogen (secondary N) is 2. The molecule has 1 aromatic carbocycles. The summed E-state index contributed by atoms with van der Waals surface area (Å²) in [4.78, 5) is 20.0. The number of aryl methyl sites for hydroxylation is 1. The van der Waals surface area contributed by atoms with Gasteiger partial charge in [0.2, 0.25) is 0 Å². The SMILES string of the molecule is CSc1ncc(C(=O)NNc2ccccc2C)cn1. The summed E-state index contributed by atoms with van der Waals surface area (Å²) in [5.41, 5.74) is 7.82. The molecule has 0 unspecified atom stereocenters. The standard InChI is InChI=1S/C13H14N4OS/c1-9-5-3-4-6-11(9)16-17-12(18)10-7-14-13(19-2)15-8-10/h3-8,16H,1-2H3,(H,17,18). The van der Waals surface area contributed by atoms with Crippen LogP contribution in [0.3, 0.4) is 0 Å². The van der Waals surface area contributed by atoms with Crippen LogP contribution in [0, 0.1) is 6.92 Å². The van der Waals surface area contributed by atoms with E-state index in [2.05, 4.69) is 20.8 Å². The average molecular weight is 274 g/mol. The number of thioether (sulfide) groups is 1. The predicted octanol–water partition coefficient (Wildman–Crippen LogP) is 2.26.